The van der Waals surface area contributed by atoms with Crippen LogP contribution >= 0.6 is 11.3 Å². The molecule has 0 bridgehead atoms. The van der Waals surface area contributed by atoms with Crippen molar-refractivity contribution in [2.45, 2.75) is 79.6 Å². The Bertz CT molecular complexity index is 1070. The Morgan fingerprint density at radius 3 is 2.43 bits per heavy atom. The Kier molecular flexibility index (Phi) is 8.02. The van der Waals surface area contributed by atoms with Gasteiger partial charge in [-0.2, -0.15) is 0 Å². The Morgan fingerprint density at radius 2 is 1.77 bits per heavy atom. The first kappa shape index (κ1) is 25.9. The van der Waals surface area contributed by atoms with Crippen molar-refractivity contribution in [1.29, 1.82) is 0 Å². The van der Waals surface area contributed by atoms with Gasteiger partial charge < -0.3 is 10.6 Å². The molecule has 5 nitrogen and oxygen atoms in total. The number of carbonyl (C=O) groups is 2. The average molecular weight is 496 g/mol. The highest BCUT2D eigenvalue weighted by atomic mass is 32.1. The van der Waals surface area contributed by atoms with Crippen LogP contribution < -0.4 is 10.6 Å². The molecule has 1 atom stereocenters. The minimum atomic E-state index is -0.117. The molecule has 1 saturated heterocycles. The maximum absolute atomic E-state index is 13.6. The monoisotopic (exact) mass is 495 g/mol. The largest absolute Gasteiger partial charge is 0.322 e. The maximum atomic E-state index is 13.6. The lowest BCUT2D eigenvalue weighted by Gasteiger charge is -2.33. The van der Waals surface area contributed by atoms with E-state index in [4.69, 9.17) is 0 Å². The summed E-state index contributed by atoms with van der Waals surface area (Å²) in [6.07, 6.45) is 7.70. The molecule has 0 radical (unpaired) electrons. The zero-order valence-electron chi connectivity index (χ0n) is 22.1. The third-order valence-electron chi connectivity index (χ3n) is 7.67. The summed E-state index contributed by atoms with van der Waals surface area (Å²) in [5, 5.41) is 7.01. The number of nitrogens with zero attached hydrogens (tertiary/aromatic N) is 1. The molecule has 4 rings (SSSR count). The molecule has 6 heteroatoms. The lowest BCUT2D eigenvalue weighted by molar-refractivity contribution is -0.117. The summed E-state index contributed by atoms with van der Waals surface area (Å²) < 4.78 is 0. The standard InChI is InChI=1S/C29H41N3O2S/c1-19-10-13-23(20(2)16-19)30-27(34)26-22-12-11-21(29(3,4)5)17-24(22)35-28(26)31-25(33)18-32-14-8-6-7-9-15-32/h10,13,16,21H,6-9,11-12,14-15,17-18H2,1-5H3,(H,30,34)(H,31,33). The number of fused-ring (bicyclic) bond motifs is 1. The second-order valence-electron chi connectivity index (χ2n) is 11.5. The van der Waals surface area contributed by atoms with E-state index in [1.54, 1.807) is 11.3 Å². The van der Waals surface area contributed by atoms with Crippen molar-refractivity contribution in [2.24, 2.45) is 11.3 Å². The summed E-state index contributed by atoms with van der Waals surface area (Å²) in [5.74, 6) is 0.441. The highest BCUT2D eigenvalue weighted by Gasteiger charge is 2.34. The Hall–Kier alpha value is -2.18. The van der Waals surface area contributed by atoms with Crippen LogP contribution in [0.1, 0.15) is 84.8 Å². The van der Waals surface area contributed by atoms with E-state index in [0.717, 1.165) is 62.0 Å². The van der Waals surface area contributed by atoms with Gasteiger partial charge in [0.15, 0.2) is 0 Å². The molecule has 1 aromatic heterocycles. The van der Waals surface area contributed by atoms with Gasteiger partial charge in [0, 0.05) is 10.6 Å². The van der Waals surface area contributed by atoms with E-state index < -0.39 is 0 Å². The van der Waals surface area contributed by atoms with Gasteiger partial charge in [0.25, 0.3) is 5.91 Å². The van der Waals surface area contributed by atoms with Crippen molar-refractivity contribution in [3.63, 3.8) is 0 Å². The molecular formula is C29H41N3O2S. The molecule has 1 aliphatic carbocycles. The predicted molar refractivity (Wildman–Crippen MR) is 147 cm³/mol. The van der Waals surface area contributed by atoms with Crippen LogP contribution in [-0.4, -0.2) is 36.3 Å². The molecule has 2 N–H and O–H groups in total. The van der Waals surface area contributed by atoms with Crippen LogP contribution in [0.25, 0.3) is 0 Å². The number of likely N-dealkylation sites (tertiary alicyclic amines) is 1. The first-order valence-corrected chi connectivity index (χ1v) is 14.0. The van der Waals surface area contributed by atoms with Gasteiger partial charge in [-0.25, -0.2) is 0 Å². The van der Waals surface area contributed by atoms with Crippen LogP contribution in [0.15, 0.2) is 18.2 Å². The average Bonchev–Trinajstić information content (AvgIpc) is 2.93. The molecule has 0 spiro atoms. The number of hydrogen-bond donors (Lipinski definition) is 2. The number of aryl methyl sites for hydroxylation is 2. The van der Waals surface area contributed by atoms with Gasteiger partial charge in [0.05, 0.1) is 12.1 Å². The van der Waals surface area contributed by atoms with E-state index in [1.807, 2.05) is 19.1 Å². The van der Waals surface area contributed by atoms with Crippen molar-refractivity contribution < 1.29 is 9.59 Å². The Balaban J connectivity index is 1.59. The number of benzene rings is 1. The van der Waals surface area contributed by atoms with E-state index in [0.29, 0.717) is 23.0 Å². The fourth-order valence-electron chi connectivity index (χ4n) is 5.46. The number of hydrogen-bond acceptors (Lipinski definition) is 4. The molecule has 2 amide bonds. The number of thiophene rings is 1. The van der Waals surface area contributed by atoms with E-state index >= 15 is 0 Å². The van der Waals surface area contributed by atoms with Crippen LogP contribution in [-0.2, 0) is 17.6 Å². The van der Waals surface area contributed by atoms with E-state index in [-0.39, 0.29) is 17.2 Å². The van der Waals surface area contributed by atoms with Gasteiger partial charge in [0.1, 0.15) is 5.00 Å². The number of carbonyl (C=O) groups excluding carboxylic acids is 2. The normalized spacial score (nSPS) is 19.1. The summed E-state index contributed by atoms with van der Waals surface area (Å²) in [7, 11) is 0. The molecule has 1 unspecified atom stereocenters. The van der Waals surface area contributed by atoms with Gasteiger partial charge >= 0.3 is 0 Å². The lowest BCUT2D eigenvalue weighted by atomic mass is 9.72. The number of anilines is 2. The molecule has 1 aromatic carbocycles. The summed E-state index contributed by atoms with van der Waals surface area (Å²) in [5.41, 5.74) is 5.06. The van der Waals surface area contributed by atoms with E-state index in [2.05, 4.69) is 49.3 Å². The van der Waals surface area contributed by atoms with Crippen molar-refractivity contribution in [2.75, 3.05) is 30.3 Å². The van der Waals surface area contributed by atoms with Crippen molar-refractivity contribution in [3.8, 4) is 0 Å². The zero-order valence-corrected chi connectivity index (χ0v) is 22.9. The summed E-state index contributed by atoms with van der Waals surface area (Å²) >= 11 is 1.61. The molecule has 35 heavy (non-hydrogen) atoms. The van der Waals surface area contributed by atoms with Gasteiger partial charge in [-0.1, -0.05) is 51.3 Å². The molecule has 2 aliphatic rings. The molecule has 0 saturated carbocycles. The fourth-order valence-corrected chi connectivity index (χ4v) is 6.80. The SMILES string of the molecule is Cc1ccc(NC(=O)c2c(NC(=O)CN3CCCCCC3)sc3c2CCC(C(C)(C)C)C3)c(C)c1. The molecular weight excluding hydrogens is 454 g/mol. The van der Waals surface area contributed by atoms with Gasteiger partial charge in [-0.05, 0) is 87.6 Å². The number of nitrogens with one attached hydrogen (secondary N) is 2. The number of rotatable bonds is 5. The van der Waals surface area contributed by atoms with Gasteiger partial charge in [0.2, 0.25) is 5.91 Å². The van der Waals surface area contributed by atoms with E-state index in [9.17, 15) is 9.59 Å². The molecule has 1 aliphatic heterocycles. The zero-order chi connectivity index (χ0) is 25.2. The molecule has 2 heterocycles. The maximum Gasteiger partial charge on any atom is 0.258 e. The van der Waals surface area contributed by atoms with Gasteiger partial charge in [-0.15, -0.1) is 11.3 Å². The van der Waals surface area contributed by atoms with Crippen LogP contribution in [0, 0.1) is 25.2 Å². The molecule has 1 fully saturated rings. The number of amides is 2. The first-order chi connectivity index (χ1) is 16.6. The molecule has 190 valence electrons. The highest BCUT2D eigenvalue weighted by Crippen LogP contribution is 2.44. The van der Waals surface area contributed by atoms with Crippen LogP contribution in [0.2, 0.25) is 0 Å². The predicted octanol–water partition coefficient (Wildman–Crippen LogP) is 6.58. The van der Waals surface area contributed by atoms with Crippen molar-refractivity contribution in [3.05, 3.63) is 45.3 Å². The smallest absolute Gasteiger partial charge is 0.258 e. The summed E-state index contributed by atoms with van der Waals surface area (Å²) in [4.78, 5) is 30.2. The minimum Gasteiger partial charge on any atom is -0.322 e. The van der Waals surface area contributed by atoms with Crippen LogP contribution in [0.3, 0.4) is 0 Å². The second-order valence-corrected chi connectivity index (χ2v) is 12.6. The topological polar surface area (TPSA) is 61.4 Å². The minimum absolute atomic E-state index is 0.0153. The van der Waals surface area contributed by atoms with Crippen molar-refractivity contribution >= 4 is 33.8 Å². The van der Waals surface area contributed by atoms with E-state index in [1.165, 1.54) is 23.3 Å². The van der Waals surface area contributed by atoms with Gasteiger partial charge in [-0.3, -0.25) is 14.5 Å². The highest BCUT2D eigenvalue weighted by molar-refractivity contribution is 7.17. The fraction of sp³-hybridized carbons (Fsp3) is 0.586. The Labute approximate surface area is 214 Å². The third-order valence-corrected chi connectivity index (χ3v) is 8.84. The summed E-state index contributed by atoms with van der Waals surface area (Å²) in [6.45, 7) is 13.3. The van der Waals surface area contributed by atoms with Crippen LogP contribution in [0.4, 0.5) is 10.7 Å². The first-order valence-electron chi connectivity index (χ1n) is 13.2. The third kappa shape index (κ3) is 6.34. The second kappa shape index (κ2) is 10.8. The lowest BCUT2D eigenvalue weighted by Crippen LogP contribution is -2.34. The van der Waals surface area contributed by atoms with Crippen LogP contribution in [0.5, 0.6) is 0 Å². The van der Waals surface area contributed by atoms with Crippen molar-refractivity contribution in [1.82, 2.24) is 4.90 Å². The summed E-state index contributed by atoms with van der Waals surface area (Å²) in [6, 6.07) is 6.06. The molecule has 2 aromatic rings. The Morgan fingerprint density at radius 1 is 1.06 bits per heavy atom. The quantitative estimate of drug-likeness (QED) is 0.492.